The van der Waals surface area contributed by atoms with Gasteiger partial charge in [0.2, 0.25) is 5.91 Å². The number of hydrogen-bond donors (Lipinski definition) is 1. The fourth-order valence-electron chi connectivity index (χ4n) is 3.49. The number of aryl methyl sites for hydroxylation is 3. The lowest BCUT2D eigenvalue weighted by Crippen LogP contribution is -2.38. The molecule has 0 atom stereocenters. The van der Waals surface area contributed by atoms with Crippen molar-refractivity contribution < 1.29 is 22.7 Å². The van der Waals surface area contributed by atoms with Crippen LogP contribution in [0.2, 0.25) is 0 Å². The number of sulfonamides is 1. The minimum atomic E-state index is -4.02. The Balaban J connectivity index is 1.93. The molecular formula is C26H28N2O5S. The molecule has 0 aliphatic carbocycles. The molecule has 3 aromatic rings. The molecule has 0 unspecified atom stereocenters. The number of nitrogens with one attached hydrogen (secondary N) is 1. The second-order valence-electron chi connectivity index (χ2n) is 7.96. The first-order valence-corrected chi connectivity index (χ1v) is 12.3. The van der Waals surface area contributed by atoms with Gasteiger partial charge in [-0.1, -0.05) is 41.5 Å². The average molecular weight is 481 g/mol. The summed E-state index contributed by atoms with van der Waals surface area (Å²) < 4.78 is 33.2. The summed E-state index contributed by atoms with van der Waals surface area (Å²) in [6.07, 6.45) is 0. The van der Waals surface area contributed by atoms with Crippen LogP contribution in [0.5, 0.6) is 0 Å². The molecule has 0 bridgehead atoms. The van der Waals surface area contributed by atoms with Gasteiger partial charge in [0.05, 0.1) is 22.8 Å². The summed E-state index contributed by atoms with van der Waals surface area (Å²) >= 11 is 0. The summed E-state index contributed by atoms with van der Waals surface area (Å²) in [5.41, 5.74) is 3.71. The number of benzene rings is 3. The number of hydrogen-bond acceptors (Lipinski definition) is 5. The molecule has 0 radical (unpaired) electrons. The third-order valence-electron chi connectivity index (χ3n) is 5.17. The molecule has 34 heavy (non-hydrogen) atoms. The van der Waals surface area contributed by atoms with E-state index in [2.05, 4.69) is 5.32 Å². The van der Waals surface area contributed by atoms with E-state index in [1.54, 1.807) is 56.3 Å². The average Bonchev–Trinajstić information content (AvgIpc) is 2.78. The van der Waals surface area contributed by atoms with Gasteiger partial charge in [-0.2, -0.15) is 0 Å². The highest BCUT2D eigenvalue weighted by molar-refractivity contribution is 7.92. The lowest BCUT2D eigenvalue weighted by molar-refractivity contribution is -0.114. The van der Waals surface area contributed by atoms with Gasteiger partial charge in [0.15, 0.2) is 0 Å². The van der Waals surface area contributed by atoms with E-state index in [-0.39, 0.29) is 17.1 Å². The van der Waals surface area contributed by atoms with Crippen molar-refractivity contribution in [2.75, 3.05) is 22.8 Å². The van der Waals surface area contributed by atoms with E-state index in [4.69, 9.17) is 4.74 Å². The summed E-state index contributed by atoms with van der Waals surface area (Å²) in [6.45, 7) is 7.09. The van der Waals surface area contributed by atoms with Gasteiger partial charge in [-0.15, -0.1) is 0 Å². The lowest BCUT2D eigenvalue weighted by atomic mass is 10.1. The van der Waals surface area contributed by atoms with Crippen LogP contribution in [-0.4, -0.2) is 33.4 Å². The summed E-state index contributed by atoms with van der Waals surface area (Å²) in [5, 5.41) is 2.69. The molecule has 0 spiro atoms. The number of amides is 1. The Labute approximate surface area is 200 Å². The standard InChI is InChI=1S/C26H28N2O5S/c1-5-33-26(30)21-7-6-8-22(16-21)27-25(29)17-28(24-14-11-19(3)15-20(24)4)34(31,32)23-12-9-18(2)10-13-23/h6-16H,5,17H2,1-4H3,(H,27,29). The van der Waals surface area contributed by atoms with Crippen LogP contribution in [0.3, 0.4) is 0 Å². The molecule has 0 aliphatic rings. The van der Waals surface area contributed by atoms with E-state index in [0.717, 1.165) is 21.0 Å². The summed E-state index contributed by atoms with van der Waals surface area (Å²) in [5.74, 6) is -1.05. The predicted molar refractivity (Wildman–Crippen MR) is 133 cm³/mol. The Kier molecular flexibility index (Phi) is 7.73. The molecule has 0 saturated carbocycles. The normalized spacial score (nSPS) is 11.1. The van der Waals surface area contributed by atoms with Crippen molar-refractivity contribution in [3.8, 4) is 0 Å². The minimum Gasteiger partial charge on any atom is -0.462 e. The Hall–Kier alpha value is -3.65. The van der Waals surface area contributed by atoms with Gasteiger partial charge in [-0.05, 0) is 69.7 Å². The molecule has 1 N–H and O–H groups in total. The van der Waals surface area contributed by atoms with Gasteiger partial charge in [0.25, 0.3) is 10.0 Å². The Morgan fingerprint density at radius 1 is 0.912 bits per heavy atom. The highest BCUT2D eigenvalue weighted by atomic mass is 32.2. The predicted octanol–water partition coefficient (Wildman–Crippen LogP) is 4.62. The van der Waals surface area contributed by atoms with Crippen molar-refractivity contribution in [3.63, 3.8) is 0 Å². The lowest BCUT2D eigenvalue weighted by Gasteiger charge is -2.26. The van der Waals surface area contributed by atoms with Gasteiger partial charge in [0, 0.05) is 5.69 Å². The number of carbonyl (C=O) groups is 2. The fraction of sp³-hybridized carbons (Fsp3) is 0.231. The fourth-order valence-corrected chi connectivity index (χ4v) is 4.98. The number of rotatable bonds is 8. The third-order valence-corrected chi connectivity index (χ3v) is 6.95. The second-order valence-corrected chi connectivity index (χ2v) is 9.83. The van der Waals surface area contributed by atoms with E-state index in [1.807, 2.05) is 19.9 Å². The van der Waals surface area contributed by atoms with Crippen LogP contribution in [0.25, 0.3) is 0 Å². The molecule has 7 nitrogen and oxygen atoms in total. The quantitative estimate of drug-likeness (QED) is 0.475. The summed E-state index contributed by atoms with van der Waals surface area (Å²) in [7, 11) is -4.02. The zero-order valence-corrected chi connectivity index (χ0v) is 20.5. The Morgan fingerprint density at radius 3 is 2.24 bits per heavy atom. The molecule has 0 saturated heterocycles. The Morgan fingerprint density at radius 2 is 1.59 bits per heavy atom. The molecule has 0 fully saturated rings. The van der Waals surface area contributed by atoms with Gasteiger partial charge in [-0.3, -0.25) is 9.10 Å². The monoisotopic (exact) mass is 480 g/mol. The van der Waals surface area contributed by atoms with Gasteiger partial charge in [0.1, 0.15) is 6.54 Å². The molecule has 8 heteroatoms. The number of ether oxygens (including phenoxy) is 1. The van der Waals surface area contributed by atoms with Gasteiger partial charge >= 0.3 is 5.97 Å². The van der Waals surface area contributed by atoms with Crippen molar-refractivity contribution in [3.05, 3.63) is 89.0 Å². The molecule has 0 aromatic heterocycles. The van der Waals surface area contributed by atoms with Crippen LogP contribution in [-0.2, 0) is 19.6 Å². The number of esters is 1. The SMILES string of the molecule is CCOC(=O)c1cccc(NC(=O)CN(c2ccc(C)cc2C)S(=O)(=O)c2ccc(C)cc2)c1. The maximum absolute atomic E-state index is 13.6. The van der Waals surface area contributed by atoms with Crippen molar-refractivity contribution in [2.45, 2.75) is 32.6 Å². The van der Waals surface area contributed by atoms with Crippen LogP contribution >= 0.6 is 0 Å². The number of nitrogens with zero attached hydrogens (tertiary/aromatic N) is 1. The van der Waals surface area contributed by atoms with Crippen LogP contribution in [0.4, 0.5) is 11.4 Å². The van der Waals surface area contributed by atoms with Crippen LogP contribution in [0.1, 0.15) is 34.0 Å². The number of carbonyl (C=O) groups excluding carboxylic acids is 2. The third kappa shape index (κ3) is 5.82. The number of anilines is 2. The van der Waals surface area contributed by atoms with E-state index in [9.17, 15) is 18.0 Å². The highest BCUT2D eigenvalue weighted by Gasteiger charge is 2.28. The molecule has 3 rings (SSSR count). The van der Waals surface area contributed by atoms with Crippen molar-refractivity contribution in [1.29, 1.82) is 0 Å². The Bertz CT molecular complexity index is 1300. The van der Waals surface area contributed by atoms with Crippen molar-refractivity contribution >= 4 is 33.3 Å². The van der Waals surface area contributed by atoms with Crippen LogP contribution in [0, 0.1) is 20.8 Å². The molecule has 178 valence electrons. The topological polar surface area (TPSA) is 92.8 Å². The molecule has 0 heterocycles. The van der Waals surface area contributed by atoms with Crippen molar-refractivity contribution in [1.82, 2.24) is 0 Å². The van der Waals surface area contributed by atoms with Crippen LogP contribution in [0.15, 0.2) is 71.6 Å². The zero-order valence-electron chi connectivity index (χ0n) is 19.7. The maximum Gasteiger partial charge on any atom is 0.338 e. The highest BCUT2D eigenvalue weighted by Crippen LogP contribution is 2.28. The molecule has 0 aliphatic heterocycles. The molecule has 3 aromatic carbocycles. The first-order valence-electron chi connectivity index (χ1n) is 10.9. The first-order chi connectivity index (χ1) is 16.1. The summed E-state index contributed by atoms with van der Waals surface area (Å²) in [4.78, 5) is 25.1. The molecule has 1 amide bonds. The zero-order chi connectivity index (χ0) is 24.9. The van der Waals surface area contributed by atoms with Gasteiger partial charge < -0.3 is 10.1 Å². The van der Waals surface area contributed by atoms with E-state index >= 15 is 0 Å². The van der Waals surface area contributed by atoms with E-state index in [0.29, 0.717) is 11.4 Å². The minimum absolute atomic E-state index is 0.0928. The summed E-state index contributed by atoms with van der Waals surface area (Å²) in [6, 6.07) is 18.2. The molecular weight excluding hydrogens is 452 g/mol. The first kappa shape index (κ1) is 25.0. The largest absolute Gasteiger partial charge is 0.462 e. The maximum atomic E-state index is 13.6. The second kappa shape index (κ2) is 10.5. The smallest absolute Gasteiger partial charge is 0.338 e. The van der Waals surface area contributed by atoms with Gasteiger partial charge in [-0.25, -0.2) is 13.2 Å². The van der Waals surface area contributed by atoms with E-state index in [1.165, 1.54) is 18.2 Å². The van der Waals surface area contributed by atoms with E-state index < -0.39 is 28.4 Å². The van der Waals surface area contributed by atoms with Crippen LogP contribution < -0.4 is 9.62 Å². The van der Waals surface area contributed by atoms with Crippen molar-refractivity contribution in [2.24, 2.45) is 0 Å².